The first-order chi connectivity index (χ1) is 13.8. The summed E-state index contributed by atoms with van der Waals surface area (Å²) in [5.74, 6) is -2.46. The van der Waals surface area contributed by atoms with E-state index in [2.05, 4.69) is 36.2 Å². The maximum Gasteiger partial charge on any atom is 0.414 e. The van der Waals surface area contributed by atoms with Crippen LogP contribution >= 0.6 is 0 Å². The summed E-state index contributed by atoms with van der Waals surface area (Å²) >= 11 is 0. The van der Waals surface area contributed by atoms with Gasteiger partial charge in [-0.2, -0.15) is 0 Å². The van der Waals surface area contributed by atoms with E-state index in [1.807, 2.05) is 6.92 Å². The summed E-state index contributed by atoms with van der Waals surface area (Å²) in [5, 5.41) is 25.1. The number of phenols is 1. The van der Waals surface area contributed by atoms with Gasteiger partial charge in [0.1, 0.15) is 5.75 Å². The van der Waals surface area contributed by atoms with Crippen LogP contribution in [-0.4, -0.2) is 45.8 Å². The van der Waals surface area contributed by atoms with Crippen molar-refractivity contribution >= 4 is 11.9 Å². The standard InChI is InChI=1S/C21H29NO.C2H2O4/c1-15-13-16-9-12-22(2)20(18(16)14-19(15)23)21(10-6-11-21)17-7-4-3-5-8-17;3-1(4)2(5)6/h4,7,13-14,17,20,23H,3,5-6,8-12H2,1-2H3;(H,3,4)(H,5,6). The van der Waals surface area contributed by atoms with Gasteiger partial charge in [-0.05, 0) is 86.6 Å². The Morgan fingerprint density at radius 3 is 2.34 bits per heavy atom. The zero-order valence-electron chi connectivity index (χ0n) is 17.2. The molecule has 4 rings (SSSR count). The average Bonchev–Trinajstić information content (AvgIpc) is 2.65. The first-order valence-electron chi connectivity index (χ1n) is 10.4. The van der Waals surface area contributed by atoms with E-state index in [0.29, 0.717) is 23.1 Å². The maximum absolute atomic E-state index is 10.3. The molecule has 2 atom stereocenters. The van der Waals surface area contributed by atoms with Gasteiger partial charge in [0.2, 0.25) is 0 Å². The van der Waals surface area contributed by atoms with E-state index in [0.717, 1.165) is 18.5 Å². The van der Waals surface area contributed by atoms with Crippen LogP contribution in [-0.2, 0) is 16.0 Å². The second kappa shape index (κ2) is 8.57. The molecular formula is C23H31NO5. The number of aliphatic carboxylic acids is 2. The van der Waals surface area contributed by atoms with E-state index >= 15 is 0 Å². The predicted octanol–water partition coefficient (Wildman–Crippen LogP) is 3.91. The molecule has 6 heteroatoms. The van der Waals surface area contributed by atoms with Gasteiger partial charge in [0.05, 0.1) is 0 Å². The lowest BCUT2D eigenvalue weighted by Crippen LogP contribution is -2.50. The number of aryl methyl sites for hydroxylation is 1. The highest BCUT2D eigenvalue weighted by Crippen LogP contribution is 2.60. The van der Waals surface area contributed by atoms with Crippen molar-refractivity contribution in [3.05, 3.63) is 41.0 Å². The molecule has 0 aromatic heterocycles. The van der Waals surface area contributed by atoms with Crippen molar-refractivity contribution in [2.75, 3.05) is 13.6 Å². The summed E-state index contributed by atoms with van der Waals surface area (Å²) in [6.45, 7) is 3.16. The molecule has 1 aromatic carbocycles. The third-order valence-corrected chi connectivity index (χ3v) is 6.93. The van der Waals surface area contributed by atoms with E-state index in [1.54, 1.807) is 0 Å². The van der Waals surface area contributed by atoms with Crippen LogP contribution in [0, 0.1) is 18.3 Å². The number of likely N-dealkylation sites (N-methyl/N-ethyl adjacent to an activating group) is 1. The third kappa shape index (κ3) is 4.17. The first kappa shape index (κ1) is 21.4. The minimum absolute atomic E-state index is 0.391. The quantitative estimate of drug-likeness (QED) is 0.513. The Morgan fingerprint density at radius 1 is 1.14 bits per heavy atom. The predicted molar refractivity (Wildman–Crippen MR) is 110 cm³/mol. The zero-order valence-corrected chi connectivity index (χ0v) is 17.2. The Bertz CT molecular complexity index is 800. The van der Waals surface area contributed by atoms with Crippen LogP contribution in [0.4, 0.5) is 0 Å². The number of hydrogen-bond acceptors (Lipinski definition) is 4. The summed E-state index contributed by atoms with van der Waals surface area (Å²) in [7, 11) is 2.29. The van der Waals surface area contributed by atoms with E-state index in [1.165, 1.54) is 49.7 Å². The fourth-order valence-electron chi connectivity index (χ4n) is 5.38. The van der Waals surface area contributed by atoms with Crippen molar-refractivity contribution in [2.45, 2.75) is 57.9 Å². The van der Waals surface area contributed by atoms with Gasteiger partial charge in [0.15, 0.2) is 0 Å². The summed E-state index contributed by atoms with van der Waals surface area (Å²) in [6.07, 6.45) is 14.0. The van der Waals surface area contributed by atoms with Crippen molar-refractivity contribution < 1.29 is 24.9 Å². The van der Waals surface area contributed by atoms with Gasteiger partial charge in [-0.25, -0.2) is 9.59 Å². The molecule has 6 nitrogen and oxygen atoms in total. The zero-order chi connectivity index (χ0) is 21.2. The molecule has 29 heavy (non-hydrogen) atoms. The summed E-state index contributed by atoms with van der Waals surface area (Å²) < 4.78 is 0. The molecule has 0 saturated heterocycles. The van der Waals surface area contributed by atoms with Gasteiger partial charge in [-0.15, -0.1) is 0 Å². The molecule has 2 aliphatic carbocycles. The molecular weight excluding hydrogens is 370 g/mol. The minimum atomic E-state index is -1.82. The van der Waals surface area contributed by atoms with Gasteiger partial charge in [0, 0.05) is 12.6 Å². The molecule has 1 heterocycles. The molecule has 1 aromatic rings. The highest BCUT2D eigenvalue weighted by molar-refractivity contribution is 6.27. The van der Waals surface area contributed by atoms with Gasteiger partial charge in [0.25, 0.3) is 0 Å². The first-order valence-corrected chi connectivity index (χ1v) is 10.4. The van der Waals surface area contributed by atoms with Crippen molar-refractivity contribution in [2.24, 2.45) is 11.3 Å². The molecule has 158 valence electrons. The SMILES string of the molecule is Cc1cc2c(cc1O)C(C1(C3C=CCCC3)CCC1)N(C)CC2.O=C(O)C(=O)O. The van der Waals surface area contributed by atoms with Gasteiger partial charge in [-0.1, -0.05) is 24.6 Å². The number of hydrogen-bond donors (Lipinski definition) is 3. The molecule has 1 saturated carbocycles. The monoisotopic (exact) mass is 401 g/mol. The molecule has 0 amide bonds. The molecule has 3 N–H and O–H groups in total. The van der Waals surface area contributed by atoms with Gasteiger partial charge in [-0.3, -0.25) is 4.90 Å². The number of fused-ring (bicyclic) bond motifs is 1. The van der Waals surface area contributed by atoms with Crippen LogP contribution in [0.1, 0.15) is 61.3 Å². The lowest BCUT2D eigenvalue weighted by molar-refractivity contribution is -0.159. The lowest BCUT2D eigenvalue weighted by Gasteiger charge is -2.57. The Kier molecular flexibility index (Phi) is 6.32. The summed E-state index contributed by atoms with van der Waals surface area (Å²) in [6, 6.07) is 4.78. The van der Waals surface area contributed by atoms with Crippen molar-refractivity contribution in [1.82, 2.24) is 4.90 Å². The largest absolute Gasteiger partial charge is 0.508 e. The highest BCUT2D eigenvalue weighted by Gasteiger charge is 2.52. The number of nitrogens with zero attached hydrogens (tertiary/aromatic N) is 1. The third-order valence-electron chi connectivity index (χ3n) is 6.93. The Labute approximate surface area is 171 Å². The van der Waals surface area contributed by atoms with E-state index < -0.39 is 11.9 Å². The van der Waals surface area contributed by atoms with E-state index in [-0.39, 0.29) is 0 Å². The normalized spacial score (nSPS) is 25.2. The fourth-order valence-corrected chi connectivity index (χ4v) is 5.38. The average molecular weight is 402 g/mol. The molecule has 1 aliphatic heterocycles. The molecule has 0 bridgehead atoms. The number of carbonyl (C=O) groups is 2. The number of phenolic OH excluding ortho intramolecular Hbond substituents is 1. The van der Waals surface area contributed by atoms with Gasteiger partial charge >= 0.3 is 11.9 Å². The number of rotatable bonds is 2. The van der Waals surface area contributed by atoms with Crippen molar-refractivity contribution in [3.63, 3.8) is 0 Å². The van der Waals surface area contributed by atoms with Crippen LogP contribution < -0.4 is 0 Å². The summed E-state index contributed by atoms with van der Waals surface area (Å²) in [4.78, 5) is 20.8. The van der Waals surface area contributed by atoms with E-state index in [9.17, 15) is 5.11 Å². The van der Waals surface area contributed by atoms with Crippen LogP contribution in [0.2, 0.25) is 0 Å². The molecule has 3 aliphatic rings. The Balaban J connectivity index is 0.000000353. The fraction of sp³-hybridized carbons (Fsp3) is 0.565. The Hall–Kier alpha value is -2.34. The van der Waals surface area contributed by atoms with Crippen molar-refractivity contribution in [3.8, 4) is 5.75 Å². The number of carboxylic acids is 2. The lowest BCUT2D eigenvalue weighted by atomic mass is 9.53. The molecule has 0 spiro atoms. The Morgan fingerprint density at radius 2 is 1.83 bits per heavy atom. The minimum Gasteiger partial charge on any atom is -0.508 e. The smallest absolute Gasteiger partial charge is 0.414 e. The van der Waals surface area contributed by atoms with Crippen LogP contribution in [0.5, 0.6) is 5.75 Å². The number of benzene rings is 1. The van der Waals surface area contributed by atoms with Crippen molar-refractivity contribution in [1.29, 1.82) is 0 Å². The number of allylic oxidation sites excluding steroid dienone is 2. The van der Waals surface area contributed by atoms with Crippen LogP contribution in [0.15, 0.2) is 24.3 Å². The van der Waals surface area contributed by atoms with Crippen LogP contribution in [0.3, 0.4) is 0 Å². The number of carboxylic acid groups (broad SMARTS) is 2. The number of aromatic hydroxyl groups is 1. The summed E-state index contributed by atoms with van der Waals surface area (Å²) in [5.41, 5.74) is 4.28. The second-order valence-corrected chi connectivity index (χ2v) is 8.63. The molecule has 2 unspecified atom stereocenters. The van der Waals surface area contributed by atoms with E-state index in [4.69, 9.17) is 19.8 Å². The topological polar surface area (TPSA) is 98.1 Å². The molecule has 0 radical (unpaired) electrons. The van der Waals surface area contributed by atoms with Crippen LogP contribution in [0.25, 0.3) is 0 Å². The van der Waals surface area contributed by atoms with Gasteiger partial charge < -0.3 is 15.3 Å². The molecule has 1 fully saturated rings. The highest BCUT2D eigenvalue weighted by atomic mass is 16.4. The maximum atomic E-state index is 10.3. The second-order valence-electron chi connectivity index (χ2n) is 8.63.